The van der Waals surface area contributed by atoms with E-state index in [4.69, 9.17) is 16.3 Å². The fraction of sp³-hybridized carbons (Fsp3) is 0.190. The molecule has 150 valence electrons. The summed E-state index contributed by atoms with van der Waals surface area (Å²) in [5.74, 6) is 0.354. The fourth-order valence-corrected chi connectivity index (χ4v) is 2.90. The zero-order valence-electron chi connectivity index (χ0n) is 15.9. The van der Waals surface area contributed by atoms with Crippen molar-refractivity contribution in [1.82, 2.24) is 15.1 Å². The molecule has 2 N–H and O–H groups in total. The molecule has 7 nitrogen and oxygen atoms in total. The summed E-state index contributed by atoms with van der Waals surface area (Å²) in [4.78, 5) is 24.2. The van der Waals surface area contributed by atoms with Crippen LogP contribution in [0.1, 0.15) is 23.2 Å². The Morgan fingerprint density at radius 1 is 1.14 bits per heavy atom. The van der Waals surface area contributed by atoms with Crippen LogP contribution >= 0.6 is 11.6 Å². The molecule has 1 aromatic heterocycles. The molecule has 2 aromatic carbocycles. The molecule has 8 heteroatoms. The molecule has 0 aliphatic carbocycles. The number of para-hydroxylation sites is 1. The van der Waals surface area contributed by atoms with E-state index in [2.05, 4.69) is 15.7 Å². The van der Waals surface area contributed by atoms with Crippen LogP contribution in [-0.2, 0) is 4.79 Å². The summed E-state index contributed by atoms with van der Waals surface area (Å²) in [6.45, 7) is 0.400. The number of benzene rings is 2. The predicted octanol–water partition coefficient (Wildman–Crippen LogP) is 3.68. The number of anilines is 1. The Labute approximate surface area is 173 Å². The Kier molecular flexibility index (Phi) is 6.86. The van der Waals surface area contributed by atoms with Gasteiger partial charge in [-0.05, 0) is 42.8 Å². The highest BCUT2D eigenvalue weighted by Gasteiger charge is 2.09. The zero-order chi connectivity index (χ0) is 20.6. The van der Waals surface area contributed by atoms with Crippen molar-refractivity contribution in [2.45, 2.75) is 12.8 Å². The maximum atomic E-state index is 12.1. The molecule has 0 fully saturated rings. The maximum absolute atomic E-state index is 12.1. The van der Waals surface area contributed by atoms with E-state index in [9.17, 15) is 9.59 Å². The van der Waals surface area contributed by atoms with Gasteiger partial charge in [0.25, 0.3) is 5.91 Å². The van der Waals surface area contributed by atoms with Gasteiger partial charge in [0.15, 0.2) is 0 Å². The maximum Gasteiger partial charge on any atom is 0.251 e. The number of rotatable bonds is 8. The number of hydrogen-bond donors (Lipinski definition) is 2. The first kappa shape index (κ1) is 20.4. The van der Waals surface area contributed by atoms with Gasteiger partial charge in [0.2, 0.25) is 5.91 Å². The van der Waals surface area contributed by atoms with E-state index >= 15 is 0 Å². The van der Waals surface area contributed by atoms with Crippen molar-refractivity contribution in [3.8, 4) is 11.4 Å². The average molecular weight is 413 g/mol. The van der Waals surface area contributed by atoms with Gasteiger partial charge in [-0.1, -0.05) is 23.7 Å². The molecule has 0 unspecified atom stereocenters. The topological polar surface area (TPSA) is 85.2 Å². The van der Waals surface area contributed by atoms with Crippen LogP contribution in [0, 0.1) is 0 Å². The van der Waals surface area contributed by atoms with Gasteiger partial charge in [-0.25, -0.2) is 4.68 Å². The lowest BCUT2D eigenvalue weighted by Crippen LogP contribution is -2.25. The van der Waals surface area contributed by atoms with Crippen LogP contribution < -0.4 is 15.4 Å². The lowest BCUT2D eigenvalue weighted by molar-refractivity contribution is -0.116. The van der Waals surface area contributed by atoms with Crippen LogP contribution in [0.3, 0.4) is 0 Å². The molecule has 3 rings (SSSR count). The van der Waals surface area contributed by atoms with Crippen molar-refractivity contribution in [2.75, 3.05) is 19.0 Å². The number of hydrogen-bond acceptors (Lipinski definition) is 4. The molecule has 0 aliphatic rings. The van der Waals surface area contributed by atoms with Crippen molar-refractivity contribution >= 4 is 29.1 Å². The predicted molar refractivity (Wildman–Crippen MR) is 112 cm³/mol. The van der Waals surface area contributed by atoms with Gasteiger partial charge >= 0.3 is 0 Å². The minimum atomic E-state index is -0.186. The number of ether oxygens (including phenoxy) is 1. The van der Waals surface area contributed by atoms with E-state index in [0.717, 1.165) is 5.69 Å². The van der Waals surface area contributed by atoms with Crippen LogP contribution in [-0.4, -0.2) is 35.2 Å². The Morgan fingerprint density at radius 3 is 2.62 bits per heavy atom. The lowest BCUT2D eigenvalue weighted by Gasteiger charge is -2.06. The van der Waals surface area contributed by atoms with Gasteiger partial charge < -0.3 is 15.4 Å². The molecular weight excluding hydrogens is 392 g/mol. The molecule has 2 amide bonds. The standard InChI is InChI=1S/C21H21ClN4O3/c1-29-17-10-8-15(9-11-17)21(28)23-12-4-7-20(27)25-16-13-24-26(14-16)19-6-3-2-5-18(19)22/h2-3,5-6,8-11,13-14H,4,7,12H2,1H3,(H,23,28)(H,25,27). The number of carbonyl (C=O) groups is 2. The monoisotopic (exact) mass is 412 g/mol. The molecular formula is C21H21ClN4O3. The summed E-state index contributed by atoms with van der Waals surface area (Å²) in [5, 5.41) is 10.4. The molecule has 3 aromatic rings. The Morgan fingerprint density at radius 2 is 1.90 bits per heavy atom. The van der Waals surface area contributed by atoms with E-state index in [1.54, 1.807) is 54.5 Å². The second-order valence-electron chi connectivity index (χ2n) is 6.26. The minimum Gasteiger partial charge on any atom is -0.497 e. The molecule has 0 atom stereocenters. The number of methoxy groups -OCH3 is 1. The Hall–Kier alpha value is -3.32. The van der Waals surface area contributed by atoms with Crippen molar-refractivity contribution in [3.63, 3.8) is 0 Å². The van der Waals surface area contributed by atoms with Crippen LogP contribution in [0.5, 0.6) is 5.75 Å². The van der Waals surface area contributed by atoms with Gasteiger partial charge in [-0.2, -0.15) is 5.10 Å². The largest absolute Gasteiger partial charge is 0.497 e. The molecule has 1 heterocycles. The van der Waals surface area contributed by atoms with E-state index in [-0.39, 0.29) is 18.2 Å². The smallest absolute Gasteiger partial charge is 0.251 e. The second-order valence-corrected chi connectivity index (χ2v) is 6.67. The normalized spacial score (nSPS) is 10.4. The van der Waals surface area contributed by atoms with Gasteiger partial charge in [0, 0.05) is 18.5 Å². The molecule has 0 saturated heterocycles. The quantitative estimate of drug-likeness (QED) is 0.552. The first-order valence-electron chi connectivity index (χ1n) is 9.08. The first-order chi connectivity index (χ1) is 14.1. The number of carbonyl (C=O) groups excluding carboxylic acids is 2. The molecule has 29 heavy (non-hydrogen) atoms. The third kappa shape index (κ3) is 5.58. The van der Waals surface area contributed by atoms with Crippen molar-refractivity contribution in [2.24, 2.45) is 0 Å². The fourth-order valence-electron chi connectivity index (χ4n) is 2.68. The third-order valence-electron chi connectivity index (χ3n) is 4.18. The summed E-state index contributed by atoms with van der Waals surface area (Å²) in [5.41, 5.74) is 1.86. The average Bonchev–Trinajstić information content (AvgIpc) is 3.19. The molecule has 0 radical (unpaired) electrons. The van der Waals surface area contributed by atoms with Gasteiger partial charge in [0.1, 0.15) is 5.75 Å². The zero-order valence-corrected chi connectivity index (χ0v) is 16.6. The van der Waals surface area contributed by atoms with Gasteiger partial charge in [-0.15, -0.1) is 0 Å². The van der Waals surface area contributed by atoms with E-state index < -0.39 is 0 Å². The van der Waals surface area contributed by atoms with E-state index in [0.29, 0.717) is 35.0 Å². The number of amides is 2. The molecule has 0 spiro atoms. The third-order valence-corrected chi connectivity index (χ3v) is 4.50. The van der Waals surface area contributed by atoms with Gasteiger partial charge in [-0.3, -0.25) is 9.59 Å². The highest BCUT2D eigenvalue weighted by atomic mass is 35.5. The highest BCUT2D eigenvalue weighted by Crippen LogP contribution is 2.20. The summed E-state index contributed by atoms with van der Waals surface area (Å²) >= 11 is 6.15. The lowest BCUT2D eigenvalue weighted by atomic mass is 10.2. The van der Waals surface area contributed by atoms with Crippen LogP contribution in [0.2, 0.25) is 5.02 Å². The number of nitrogens with zero attached hydrogens (tertiary/aromatic N) is 2. The molecule has 0 bridgehead atoms. The van der Waals surface area contributed by atoms with Crippen LogP contribution in [0.15, 0.2) is 60.9 Å². The summed E-state index contributed by atoms with van der Waals surface area (Å²) in [6.07, 6.45) is 4.06. The first-order valence-corrected chi connectivity index (χ1v) is 9.46. The summed E-state index contributed by atoms with van der Waals surface area (Å²) < 4.78 is 6.67. The Bertz CT molecular complexity index is 986. The van der Waals surface area contributed by atoms with Crippen molar-refractivity contribution in [3.05, 3.63) is 71.5 Å². The second kappa shape index (κ2) is 9.75. The number of halogens is 1. The summed E-state index contributed by atoms with van der Waals surface area (Å²) in [7, 11) is 1.57. The highest BCUT2D eigenvalue weighted by molar-refractivity contribution is 6.32. The number of aromatic nitrogens is 2. The summed E-state index contributed by atoms with van der Waals surface area (Å²) in [6, 6.07) is 14.2. The SMILES string of the molecule is COc1ccc(C(=O)NCCCC(=O)Nc2cnn(-c3ccccc3Cl)c2)cc1. The number of nitrogens with one attached hydrogen (secondary N) is 2. The minimum absolute atomic E-state index is 0.151. The Balaban J connectivity index is 1.42. The van der Waals surface area contributed by atoms with E-state index in [1.807, 2.05) is 18.2 Å². The molecule has 0 aliphatic heterocycles. The van der Waals surface area contributed by atoms with Crippen LogP contribution in [0.4, 0.5) is 5.69 Å². The van der Waals surface area contributed by atoms with Crippen molar-refractivity contribution < 1.29 is 14.3 Å². The van der Waals surface area contributed by atoms with E-state index in [1.165, 1.54) is 0 Å². The van der Waals surface area contributed by atoms with Crippen LogP contribution in [0.25, 0.3) is 5.69 Å². The van der Waals surface area contributed by atoms with Crippen molar-refractivity contribution in [1.29, 1.82) is 0 Å². The van der Waals surface area contributed by atoms with Gasteiger partial charge in [0.05, 0.1) is 35.9 Å². The molecule has 0 saturated carbocycles.